The molecule has 2 amide bonds. The summed E-state index contributed by atoms with van der Waals surface area (Å²) < 4.78 is 5.13. The van der Waals surface area contributed by atoms with Gasteiger partial charge in [0.25, 0.3) is 11.8 Å². The molecule has 0 aliphatic carbocycles. The molecule has 7 heteroatoms. The Hall–Kier alpha value is -3.19. The van der Waals surface area contributed by atoms with Crippen molar-refractivity contribution in [1.29, 1.82) is 0 Å². The molecule has 2 aromatic rings. The molecule has 0 radical (unpaired) electrons. The Balaban J connectivity index is 1.82. The van der Waals surface area contributed by atoms with E-state index in [-0.39, 0.29) is 18.8 Å². The van der Waals surface area contributed by atoms with Gasteiger partial charge in [0.05, 0.1) is 26.0 Å². The zero-order valence-electron chi connectivity index (χ0n) is 13.6. The SMILES string of the molecule is COc1cccc(-c2cccc(NC3=CC(=O)N(CCO)C3=O)c2)n1. The number of amides is 2. The number of pyridine rings is 1. The minimum absolute atomic E-state index is 0.0207. The van der Waals surface area contributed by atoms with Crippen LogP contribution in [0.4, 0.5) is 5.69 Å². The van der Waals surface area contributed by atoms with Gasteiger partial charge in [0.15, 0.2) is 0 Å². The van der Waals surface area contributed by atoms with Crippen LogP contribution in [0.1, 0.15) is 0 Å². The second kappa shape index (κ2) is 7.14. The van der Waals surface area contributed by atoms with Gasteiger partial charge in [0, 0.05) is 23.4 Å². The number of benzene rings is 1. The van der Waals surface area contributed by atoms with E-state index in [0.29, 0.717) is 11.6 Å². The van der Waals surface area contributed by atoms with Crippen LogP contribution in [-0.4, -0.2) is 47.1 Å². The Morgan fingerprint density at radius 2 is 2.00 bits per heavy atom. The van der Waals surface area contributed by atoms with Gasteiger partial charge in [-0.25, -0.2) is 4.98 Å². The molecule has 3 rings (SSSR count). The number of hydrogen-bond acceptors (Lipinski definition) is 6. The minimum Gasteiger partial charge on any atom is -0.481 e. The van der Waals surface area contributed by atoms with Crippen LogP contribution in [0.25, 0.3) is 11.3 Å². The predicted molar refractivity (Wildman–Crippen MR) is 91.7 cm³/mol. The maximum Gasteiger partial charge on any atom is 0.277 e. The molecule has 0 bridgehead atoms. The van der Waals surface area contributed by atoms with Crippen LogP contribution in [0, 0.1) is 0 Å². The molecular weight excluding hydrogens is 322 g/mol. The maximum absolute atomic E-state index is 12.2. The summed E-state index contributed by atoms with van der Waals surface area (Å²) in [5, 5.41) is 11.9. The maximum atomic E-state index is 12.2. The first-order chi connectivity index (χ1) is 12.1. The van der Waals surface area contributed by atoms with Crippen molar-refractivity contribution in [2.45, 2.75) is 0 Å². The van der Waals surface area contributed by atoms with Gasteiger partial charge >= 0.3 is 0 Å². The number of ether oxygens (including phenoxy) is 1. The summed E-state index contributed by atoms with van der Waals surface area (Å²) in [5.41, 5.74) is 2.40. The molecule has 1 aromatic carbocycles. The molecule has 0 saturated carbocycles. The molecule has 0 atom stereocenters. The number of imide groups is 1. The number of nitrogens with zero attached hydrogens (tertiary/aromatic N) is 2. The first-order valence-electron chi connectivity index (χ1n) is 7.69. The van der Waals surface area contributed by atoms with E-state index in [1.165, 1.54) is 6.08 Å². The van der Waals surface area contributed by atoms with Gasteiger partial charge in [0.2, 0.25) is 5.88 Å². The van der Waals surface area contributed by atoms with Crippen molar-refractivity contribution >= 4 is 17.5 Å². The minimum atomic E-state index is -0.455. The first kappa shape index (κ1) is 16.7. The molecule has 0 spiro atoms. The van der Waals surface area contributed by atoms with Crippen LogP contribution in [0.3, 0.4) is 0 Å². The lowest BCUT2D eigenvalue weighted by Crippen LogP contribution is -2.34. The molecule has 25 heavy (non-hydrogen) atoms. The van der Waals surface area contributed by atoms with E-state index in [4.69, 9.17) is 9.84 Å². The van der Waals surface area contributed by atoms with Gasteiger partial charge in [-0.05, 0) is 18.2 Å². The third kappa shape index (κ3) is 3.51. The lowest BCUT2D eigenvalue weighted by molar-refractivity contribution is -0.137. The fraction of sp³-hybridized carbons (Fsp3) is 0.167. The van der Waals surface area contributed by atoms with Crippen LogP contribution in [-0.2, 0) is 9.59 Å². The van der Waals surface area contributed by atoms with Gasteiger partial charge in [-0.15, -0.1) is 0 Å². The molecule has 1 aliphatic heterocycles. The summed E-state index contributed by atoms with van der Waals surface area (Å²) in [5.74, 6) is -0.383. The number of β-amino-alcohol motifs (C(OH)–C–C–N with tert-alkyl or cyclic N) is 1. The highest BCUT2D eigenvalue weighted by Crippen LogP contribution is 2.24. The van der Waals surface area contributed by atoms with Gasteiger partial charge in [-0.3, -0.25) is 14.5 Å². The quantitative estimate of drug-likeness (QED) is 0.773. The first-order valence-corrected chi connectivity index (χ1v) is 7.69. The number of anilines is 1. The number of carbonyl (C=O) groups is 2. The average molecular weight is 339 g/mol. The van der Waals surface area contributed by atoms with E-state index in [1.807, 2.05) is 30.3 Å². The highest BCUT2D eigenvalue weighted by molar-refractivity contribution is 6.17. The summed E-state index contributed by atoms with van der Waals surface area (Å²) in [6.45, 7) is -0.289. The lowest BCUT2D eigenvalue weighted by atomic mass is 10.1. The third-order valence-corrected chi connectivity index (χ3v) is 3.70. The molecule has 2 heterocycles. The van der Waals surface area contributed by atoms with Crippen LogP contribution in [0.15, 0.2) is 54.2 Å². The van der Waals surface area contributed by atoms with Gasteiger partial charge in [0.1, 0.15) is 5.70 Å². The van der Waals surface area contributed by atoms with Crippen molar-refractivity contribution in [3.8, 4) is 17.1 Å². The molecule has 7 nitrogen and oxygen atoms in total. The molecule has 0 saturated heterocycles. The highest BCUT2D eigenvalue weighted by Gasteiger charge is 2.30. The topological polar surface area (TPSA) is 91.8 Å². The van der Waals surface area contributed by atoms with E-state index >= 15 is 0 Å². The Morgan fingerprint density at radius 3 is 2.76 bits per heavy atom. The molecule has 128 valence electrons. The number of nitrogens with one attached hydrogen (secondary N) is 1. The Kier molecular flexibility index (Phi) is 4.76. The van der Waals surface area contributed by atoms with Crippen LogP contribution in [0.5, 0.6) is 5.88 Å². The van der Waals surface area contributed by atoms with E-state index < -0.39 is 11.8 Å². The van der Waals surface area contributed by atoms with Crippen LogP contribution in [0.2, 0.25) is 0 Å². The number of methoxy groups -OCH3 is 1. The zero-order valence-corrected chi connectivity index (χ0v) is 13.6. The fourth-order valence-corrected chi connectivity index (χ4v) is 2.51. The number of aliphatic hydroxyl groups excluding tert-OH is 1. The van der Waals surface area contributed by atoms with Crippen molar-refractivity contribution in [2.75, 3.05) is 25.6 Å². The lowest BCUT2D eigenvalue weighted by Gasteiger charge is -2.13. The van der Waals surface area contributed by atoms with Gasteiger partial charge in [-0.2, -0.15) is 0 Å². The monoisotopic (exact) mass is 339 g/mol. The number of aromatic nitrogens is 1. The standard InChI is InChI=1S/C18H17N3O4/c1-25-16-7-3-6-14(20-16)12-4-2-5-13(10-12)19-15-11-17(23)21(8-9-22)18(15)24/h2-7,10-11,19,22H,8-9H2,1H3. The van der Waals surface area contributed by atoms with Gasteiger partial charge < -0.3 is 15.2 Å². The highest BCUT2D eigenvalue weighted by atomic mass is 16.5. The Bertz CT molecular complexity index is 848. The molecule has 2 N–H and O–H groups in total. The normalized spacial score (nSPS) is 13.8. The predicted octanol–water partition coefficient (Wildman–Crippen LogP) is 1.41. The van der Waals surface area contributed by atoms with Crippen molar-refractivity contribution < 1.29 is 19.4 Å². The van der Waals surface area contributed by atoms with Crippen LogP contribution >= 0.6 is 0 Å². The second-order valence-corrected chi connectivity index (χ2v) is 5.35. The summed E-state index contributed by atoms with van der Waals surface area (Å²) in [6, 6.07) is 12.8. The smallest absolute Gasteiger partial charge is 0.277 e. The Labute approximate surface area is 144 Å². The van der Waals surface area contributed by atoms with E-state index in [1.54, 1.807) is 19.2 Å². The van der Waals surface area contributed by atoms with E-state index in [9.17, 15) is 9.59 Å². The third-order valence-electron chi connectivity index (χ3n) is 3.70. The summed E-state index contributed by atoms with van der Waals surface area (Å²) in [4.78, 5) is 29.3. The van der Waals surface area contributed by atoms with E-state index in [2.05, 4.69) is 10.3 Å². The molecule has 0 fully saturated rings. The summed E-state index contributed by atoms with van der Waals surface area (Å²) in [7, 11) is 1.55. The molecular formula is C18H17N3O4. The number of hydrogen-bond donors (Lipinski definition) is 2. The van der Waals surface area contributed by atoms with Crippen molar-refractivity contribution in [3.63, 3.8) is 0 Å². The zero-order chi connectivity index (χ0) is 17.8. The Morgan fingerprint density at radius 1 is 1.20 bits per heavy atom. The summed E-state index contributed by atoms with van der Waals surface area (Å²) in [6.07, 6.45) is 1.23. The number of aliphatic hydroxyl groups is 1. The number of carbonyl (C=O) groups excluding carboxylic acids is 2. The number of rotatable bonds is 6. The molecule has 1 aliphatic rings. The van der Waals surface area contributed by atoms with Crippen molar-refractivity contribution in [3.05, 3.63) is 54.2 Å². The largest absolute Gasteiger partial charge is 0.481 e. The molecule has 0 unspecified atom stereocenters. The summed E-state index contributed by atoms with van der Waals surface area (Å²) >= 11 is 0. The van der Waals surface area contributed by atoms with E-state index in [0.717, 1.165) is 16.2 Å². The molecule has 1 aromatic heterocycles. The van der Waals surface area contributed by atoms with Gasteiger partial charge in [-0.1, -0.05) is 18.2 Å². The average Bonchev–Trinajstić information content (AvgIpc) is 2.90. The van der Waals surface area contributed by atoms with Crippen molar-refractivity contribution in [1.82, 2.24) is 9.88 Å². The van der Waals surface area contributed by atoms with Crippen LogP contribution < -0.4 is 10.1 Å². The van der Waals surface area contributed by atoms with Crippen molar-refractivity contribution in [2.24, 2.45) is 0 Å². The fourth-order valence-electron chi connectivity index (χ4n) is 2.51. The second-order valence-electron chi connectivity index (χ2n) is 5.35.